The molecule has 1 heterocycles. The van der Waals surface area contributed by atoms with Crippen molar-refractivity contribution in [1.82, 2.24) is 4.57 Å². The van der Waals surface area contributed by atoms with Gasteiger partial charge in [0.15, 0.2) is 17.1 Å². The van der Waals surface area contributed by atoms with Crippen molar-refractivity contribution in [3.63, 3.8) is 0 Å². The van der Waals surface area contributed by atoms with E-state index in [0.29, 0.717) is 0 Å². The number of benzene rings is 2. The Kier molecular flexibility index (Phi) is 3.28. The smallest absolute Gasteiger partial charge is 0.291 e. The summed E-state index contributed by atoms with van der Waals surface area (Å²) in [6.45, 7) is 0. The van der Waals surface area contributed by atoms with Crippen LogP contribution in [-0.4, -0.2) is 11.7 Å². The minimum atomic E-state index is -0.0707. The lowest BCUT2D eigenvalue weighted by atomic mass is 10.1. The van der Waals surface area contributed by atoms with Crippen LogP contribution in [0.1, 0.15) is 17.5 Å². The summed E-state index contributed by atoms with van der Waals surface area (Å²) in [4.78, 5) is 0. The molecule has 20 heavy (non-hydrogen) atoms. The van der Waals surface area contributed by atoms with Crippen molar-refractivity contribution in [2.24, 2.45) is 14.1 Å². The van der Waals surface area contributed by atoms with Crippen LogP contribution in [-0.2, 0) is 18.8 Å². The molecular formula is C17H19N2O+. The van der Waals surface area contributed by atoms with Crippen molar-refractivity contribution in [3.8, 4) is 0 Å². The largest absolute Gasteiger partial charge is 0.364 e. The fourth-order valence-electron chi connectivity index (χ4n) is 2.87. The summed E-state index contributed by atoms with van der Waals surface area (Å²) in [5, 5.41) is 0. The first-order valence-corrected chi connectivity index (χ1v) is 6.75. The Bertz CT molecular complexity index is 692. The molecule has 1 atom stereocenters. The van der Waals surface area contributed by atoms with Gasteiger partial charge in [-0.3, -0.25) is 0 Å². The van der Waals surface area contributed by atoms with E-state index in [1.165, 1.54) is 11.0 Å². The molecule has 3 rings (SSSR count). The first-order valence-electron chi connectivity index (χ1n) is 6.75. The molecule has 0 bridgehead atoms. The molecule has 2 aromatic carbocycles. The van der Waals surface area contributed by atoms with Gasteiger partial charge >= 0.3 is 0 Å². The molecule has 0 amide bonds. The van der Waals surface area contributed by atoms with Crippen LogP contribution in [0.15, 0.2) is 54.6 Å². The standard InChI is InChI=1S/C17H19N2O/c1-18-14-11-7-8-12-15(14)19(2)17(18)16(20-3)13-9-5-4-6-10-13/h4-12,16H,1-3H3/q+1. The monoisotopic (exact) mass is 267 g/mol. The highest BCUT2D eigenvalue weighted by Crippen LogP contribution is 2.25. The number of ether oxygens (including phenoxy) is 1. The average Bonchev–Trinajstić information content (AvgIpc) is 2.75. The predicted molar refractivity (Wildman–Crippen MR) is 79.4 cm³/mol. The lowest BCUT2D eigenvalue weighted by Crippen LogP contribution is -2.35. The van der Waals surface area contributed by atoms with Gasteiger partial charge in [-0.05, 0) is 17.7 Å². The fraction of sp³-hybridized carbons (Fsp3) is 0.235. The molecule has 0 N–H and O–H groups in total. The second kappa shape index (κ2) is 5.10. The van der Waals surface area contributed by atoms with Crippen molar-refractivity contribution in [1.29, 1.82) is 0 Å². The molecule has 0 radical (unpaired) electrons. The maximum Gasteiger partial charge on any atom is 0.291 e. The molecule has 1 aromatic heterocycles. The molecule has 3 nitrogen and oxygen atoms in total. The van der Waals surface area contributed by atoms with Crippen LogP contribution in [0.4, 0.5) is 0 Å². The van der Waals surface area contributed by atoms with Crippen molar-refractivity contribution < 1.29 is 9.30 Å². The van der Waals surface area contributed by atoms with Gasteiger partial charge in [-0.25, -0.2) is 9.13 Å². The van der Waals surface area contributed by atoms with Gasteiger partial charge in [-0.1, -0.05) is 42.5 Å². The number of imidazole rings is 1. The van der Waals surface area contributed by atoms with E-state index in [1.807, 2.05) is 18.2 Å². The Labute approximate surface area is 119 Å². The van der Waals surface area contributed by atoms with E-state index in [4.69, 9.17) is 4.74 Å². The normalized spacial score (nSPS) is 12.8. The highest BCUT2D eigenvalue weighted by Gasteiger charge is 2.29. The van der Waals surface area contributed by atoms with Crippen LogP contribution in [0, 0.1) is 0 Å². The maximum absolute atomic E-state index is 5.77. The van der Waals surface area contributed by atoms with Gasteiger partial charge in [0, 0.05) is 7.11 Å². The minimum absolute atomic E-state index is 0.0707. The van der Waals surface area contributed by atoms with E-state index in [9.17, 15) is 0 Å². The molecule has 0 aliphatic rings. The fourth-order valence-corrected chi connectivity index (χ4v) is 2.87. The first-order chi connectivity index (χ1) is 9.74. The van der Waals surface area contributed by atoms with Gasteiger partial charge < -0.3 is 4.74 Å². The Morgan fingerprint density at radius 2 is 1.65 bits per heavy atom. The quantitative estimate of drug-likeness (QED) is 0.667. The molecule has 3 aromatic rings. The van der Waals surface area contributed by atoms with Crippen molar-refractivity contribution >= 4 is 11.0 Å². The van der Waals surface area contributed by atoms with Crippen molar-refractivity contribution in [3.05, 3.63) is 66.0 Å². The van der Waals surface area contributed by atoms with Crippen molar-refractivity contribution in [2.45, 2.75) is 6.10 Å². The molecule has 0 aliphatic heterocycles. The van der Waals surface area contributed by atoms with E-state index in [-0.39, 0.29) is 6.10 Å². The number of hydrogen-bond acceptors (Lipinski definition) is 1. The molecular weight excluding hydrogens is 248 g/mol. The minimum Gasteiger partial charge on any atom is -0.364 e. The second-order valence-corrected chi connectivity index (χ2v) is 4.99. The number of para-hydroxylation sites is 2. The van der Waals surface area contributed by atoms with Gasteiger partial charge in [0.05, 0.1) is 14.1 Å². The summed E-state index contributed by atoms with van der Waals surface area (Å²) in [6, 6.07) is 18.7. The zero-order valence-electron chi connectivity index (χ0n) is 12.1. The van der Waals surface area contributed by atoms with Crippen LogP contribution < -0.4 is 4.57 Å². The Balaban J connectivity index is 2.23. The highest BCUT2D eigenvalue weighted by molar-refractivity contribution is 5.72. The molecule has 102 valence electrons. The number of nitrogens with zero attached hydrogens (tertiary/aromatic N) is 2. The van der Waals surface area contributed by atoms with E-state index in [1.54, 1.807) is 7.11 Å². The summed E-state index contributed by atoms with van der Waals surface area (Å²) in [6.07, 6.45) is -0.0707. The van der Waals surface area contributed by atoms with E-state index in [0.717, 1.165) is 11.4 Å². The number of rotatable bonds is 3. The first kappa shape index (κ1) is 12.9. The van der Waals surface area contributed by atoms with E-state index in [2.05, 4.69) is 59.6 Å². The summed E-state index contributed by atoms with van der Waals surface area (Å²) in [7, 11) is 5.94. The van der Waals surface area contributed by atoms with Gasteiger partial charge in [-0.15, -0.1) is 0 Å². The number of aryl methyl sites for hydroxylation is 2. The summed E-state index contributed by atoms with van der Waals surface area (Å²) >= 11 is 0. The van der Waals surface area contributed by atoms with Gasteiger partial charge in [0.1, 0.15) is 0 Å². The number of fused-ring (bicyclic) bond motifs is 1. The summed E-state index contributed by atoms with van der Waals surface area (Å²) in [5.41, 5.74) is 3.59. The van der Waals surface area contributed by atoms with Crippen LogP contribution >= 0.6 is 0 Å². The second-order valence-electron chi connectivity index (χ2n) is 4.99. The van der Waals surface area contributed by atoms with Gasteiger partial charge in [0.25, 0.3) is 5.82 Å². The zero-order chi connectivity index (χ0) is 14.1. The van der Waals surface area contributed by atoms with Gasteiger partial charge in [-0.2, -0.15) is 0 Å². The Hall–Kier alpha value is -2.13. The van der Waals surface area contributed by atoms with E-state index < -0.39 is 0 Å². The molecule has 1 unspecified atom stereocenters. The van der Waals surface area contributed by atoms with Crippen molar-refractivity contribution in [2.75, 3.05) is 7.11 Å². The Morgan fingerprint density at radius 1 is 1.00 bits per heavy atom. The molecule has 0 fully saturated rings. The molecule has 0 aliphatic carbocycles. The zero-order valence-corrected chi connectivity index (χ0v) is 12.1. The SMILES string of the molecule is COC(c1ccccc1)c1n(C)c2ccccc2[n+]1C. The topological polar surface area (TPSA) is 18.0 Å². The Morgan fingerprint density at radius 3 is 2.30 bits per heavy atom. The van der Waals surface area contributed by atoms with Crippen LogP contribution in [0.5, 0.6) is 0 Å². The number of aromatic nitrogens is 2. The lowest BCUT2D eigenvalue weighted by molar-refractivity contribution is -0.657. The van der Waals surface area contributed by atoms with E-state index >= 15 is 0 Å². The third-order valence-corrected chi connectivity index (χ3v) is 3.86. The third-order valence-electron chi connectivity index (χ3n) is 3.86. The molecule has 0 spiro atoms. The molecule has 0 saturated carbocycles. The predicted octanol–water partition coefficient (Wildman–Crippen LogP) is 2.74. The molecule has 3 heteroatoms. The lowest BCUT2D eigenvalue weighted by Gasteiger charge is -2.13. The highest BCUT2D eigenvalue weighted by atomic mass is 16.5. The summed E-state index contributed by atoms with van der Waals surface area (Å²) in [5.74, 6) is 1.14. The third kappa shape index (κ3) is 1.91. The van der Waals surface area contributed by atoms with Crippen LogP contribution in [0.25, 0.3) is 11.0 Å². The number of methoxy groups -OCH3 is 1. The van der Waals surface area contributed by atoms with Crippen LogP contribution in [0.3, 0.4) is 0 Å². The number of hydrogen-bond donors (Lipinski definition) is 0. The van der Waals surface area contributed by atoms with Gasteiger partial charge in [0.2, 0.25) is 0 Å². The average molecular weight is 267 g/mol. The maximum atomic E-state index is 5.77. The van der Waals surface area contributed by atoms with Crippen LogP contribution in [0.2, 0.25) is 0 Å². The molecule has 0 saturated heterocycles. The summed E-state index contributed by atoms with van der Waals surface area (Å²) < 4.78 is 10.2.